The molecule has 1 aliphatic heterocycles. The Morgan fingerprint density at radius 2 is 1.90 bits per heavy atom. The average molecular weight is 310 g/mol. The number of nitrogens with zero attached hydrogens (tertiary/aromatic N) is 1. The summed E-state index contributed by atoms with van der Waals surface area (Å²) in [7, 11) is 1.29. The van der Waals surface area contributed by atoms with E-state index in [1.54, 1.807) is 0 Å². The fraction of sp³-hybridized carbons (Fsp3) is 0.750. The van der Waals surface area contributed by atoms with Crippen LogP contribution in [0, 0.1) is 5.92 Å². The van der Waals surface area contributed by atoms with E-state index in [-0.39, 0.29) is 31.7 Å². The van der Waals surface area contributed by atoms with E-state index in [1.807, 2.05) is 0 Å². The van der Waals surface area contributed by atoms with Crippen LogP contribution in [0.15, 0.2) is 0 Å². The SMILES string of the molecule is CNC(=O)[C@H]1CC[C@@H](CCC(=O)O)CN1C(=O)C(F)(F)F. The molecule has 0 aromatic rings. The van der Waals surface area contributed by atoms with Crippen LogP contribution in [0.3, 0.4) is 0 Å². The van der Waals surface area contributed by atoms with Crippen LogP contribution in [-0.4, -0.2) is 53.6 Å². The Bertz CT molecular complexity index is 425. The van der Waals surface area contributed by atoms with Crippen LogP contribution in [-0.2, 0) is 14.4 Å². The first kappa shape index (κ1) is 17.3. The lowest BCUT2D eigenvalue weighted by Gasteiger charge is -2.38. The number of carbonyl (C=O) groups excluding carboxylic acids is 2. The Morgan fingerprint density at radius 1 is 1.29 bits per heavy atom. The summed E-state index contributed by atoms with van der Waals surface area (Å²) < 4.78 is 37.8. The highest BCUT2D eigenvalue weighted by Crippen LogP contribution is 2.29. The van der Waals surface area contributed by atoms with E-state index in [2.05, 4.69) is 5.32 Å². The van der Waals surface area contributed by atoms with Gasteiger partial charge in [0.15, 0.2) is 0 Å². The number of carbonyl (C=O) groups is 3. The zero-order valence-corrected chi connectivity index (χ0v) is 11.4. The lowest BCUT2D eigenvalue weighted by atomic mass is 9.89. The van der Waals surface area contributed by atoms with Crippen molar-refractivity contribution >= 4 is 17.8 Å². The molecule has 1 heterocycles. The van der Waals surface area contributed by atoms with E-state index < -0.39 is 30.0 Å². The molecule has 0 aromatic carbocycles. The van der Waals surface area contributed by atoms with Gasteiger partial charge in [-0.05, 0) is 25.2 Å². The molecular formula is C12H17F3N2O4. The first-order valence-electron chi connectivity index (χ1n) is 6.48. The summed E-state index contributed by atoms with van der Waals surface area (Å²) in [6, 6.07) is -1.16. The van der Waals surface area contributed by atoms with Crippen LogP contribution < -0.4 is 5.32 Å². The summed E-state index contributed by atoms with van der Waals surface area (Å²) in [4.78, 5) is 34.1. The predicted octanol–water partition coefficient (Wildman–Crippen LogP) is 0.767. The summed E-state index contributed by atoms with van der Waals surface area (Å²) >= 11 is 0. The van der Waals surface area contributed by atoms with Crippen molar-refractivity contribution in [3.05, 3.63) is 0 Å². The fourth-order valence-electron chi connectivity index (χ4n) is 2.44. The molecule has 1 saturated heterocycles. The third-order valence-electron chi connectivity index (χ3n) is 3.50. The number of likely N-dealkylation sites (N-methyl/N-ethyl adjacent to an activating group) is 1. The van der Waals surface area contributed by atoms with E-state index in [0.717, 1.165) is 0 Å². The second-order valence-electron chi connectivity index (χ2n) is 4.96. The second-order valence-corrected chi connectivity index (χ2v) is 4.96. The minimum absolute atomic E-state index is 0.0891. The highest BCUT2D eigenvalue weighted by atomic mass is 19.4. The molecule has 0 saturated carbocycles. The lowest BCUT2D eigenvalue weighted by Crippen LogP contribution is -2.56. The first-order valence-corrected chi connectivity index (χ1v) is 6.48. The summed E-state index contributed by atoms with van der Waals surface area (Å²) in [5.74, 6) is -4.11. The standard InChI is InChI=1S/C12H17F3N2O4/c1-16-10(20)8-4-2-7(3-5-9(18)19)6-17(8)11(21)12(13,14)15/h7-8H,2-6H2,1H3,(H,16,20)(H,18,19)/t7-,8+/m0/s1. The van der Waals surface area contributed by atoms with Gasteiger partial charge in [0, 0.05) is 20.0 Å². The van der Waals surface area contributed by atoms with Crippen LogP contribution in [0.1, 0.15) is 25.7 Å². The Balaban J connectivity index is 2.84. The number of hydrogen-bond acceptors (Lipinski definition) is 3. The number of rotatable bonds is 4. The van der Waals surface area contributed by atoms with Gasteiger partial charge in [-0.15, -0.1) is 0 Å². The van der Waals surface area contributed by atoms with Gasteiger partial charge in [0.1, 0.15) is 6.04 Å². The number of piperidine rings is 1. The quantitative estimate of drug-likeness (QED) is 0.803. The van der Waals surface area contributed by atoms with Gasteiger partial charge in [0.2, 0.25) is 5.91 Å². The topological polar surface area (TPSA) is 86.7 Å². The van der Waals surface area contributed by atoms with Crippen molar-refractivity contribution in [2.24, 2.45) is 5.92 Å². The van der Waals surface area contributed by atoms with Crippen molar-refractivity contribution in [2.75, 3.05) is 13.6 Å². The van der Waals surface area contributed by atoms with E-state index in [0.29, 0.717) is 11.3 Å². The van der Waals surface area contributed by atoms with E-state index >= 15 is 0 Å². The molecule has 120 valence electrons. The van der Waals surface area contributed by atoms with Gasteiger partial charge < -0.3 is 15.3 Å². The van der Waals surface area contributed by atoms with Crippen LogP contribution in [0.2, 0.25) is 0 Å². The molecule has 0 radical (unpaired) electrons. The molecular weight excluding hydrogens is 293 g/mol. The van der Waals surface area contributed by atoms with Crippen molar-refractivity contribution in [1.82, 2.24) is 10.2 Å². The van der Waals surface area contributed by atoms with Crippen molar-refractivity contribution in [3.8, 4) is 0 Å². The third-order valence-corrected chi connectivity index (χ3v) is 3.50. The summed E-state index contributed by atoms with van der Waals surface area (Å²) in [5, 5.41) is 10.8. The largest absolute Gasteiger partial charge is 0.481 e. The molecule has 0 spiro atoms. The van der Waals surface area contributed by atoms with Gasteiger partial charge in [-0.1, -0.05) is 0 Å². The van der Waals surface area contributed by atoms with Crippen LogP contribution in [0.25, 0.3) is 0 Å². The second kappa shape index (κ2) is 6.77. The number of amides is 2. The number of nitrogens with one attached hydrogen (secondary N) is 1. The average Bonchev–Trinajstić information content (AvgIpc) is 2.42. The van der Waals surface area contributed by atoms with E-state index in [4.69, 9.17) is 5.11 Å². The molecule has 0 unspecified atom stereocenters. The van der Waals surface area contributed by atoms with Crippen molar-refractivity contribution in [2.45, 2.75) is 37.9 Å². The molecule has 6 nitrogen and oxygen atoms in total. The predicted molar refractivity (Wildman–Crippen MR) is 65.2 cm³/mol. The number of aliphatic carboxylic acids is 1. The Morgan fingerprint density at radius 3 is 2.38 bits per heavy atom. The molecule has 0 aromatic heterocycles. The summed E-state index contributed by atoms with van der Waals surface area (Å²) in [5.41, 5.74) is 0. The highest BCUT2D eigenvalue weighted by Gasteiger charge is 2.47. The van der Waals surface area contributed by atoms with Gasteiger partial charge in [0.25, 0.3) is 0 Å². The van der Waals surface area contributed by atoms with Crippen molar-refractivity contribution in [3.63, 3.8) is 0 Å². The summed E-state index contributed by atoms with van der Waals surface area (Å²) in [6.45, 7) is -0.260. The van der Waals surface area contributed by atoms with Gasteiger partial charge in [-0.3, -0.25) is 14.4 Å². The van der Waals surface area contributed by atoms with Crippen LogP contribution in [0.5, 0.6) is 0 Å². The number of hydrogen-bond donors (Lipinski definition) is 2. The molecule has 2 atom stereocenters. The maximum Gasteiger partial charge on any atom is 0.471 e. The smallest absolute Gasteiger partial charge is 0.471 e. The maximum atomic E-state index is 12.6. The molecule has 1 fully saturated rings. The minimum Gasteiger partial charge on any atom is -0.481 e. The summed E-state index contributed by atoms with van der Waals surface area (Å²) in [6.07, 6.45) is -4.56. The zero-order chi connectivity index (χ0) is 16.2. The first-order chi connectivity index (χ1) is 9.66. The van der Waals surface area contributed by atoms with Gasteiger partial charge in [0.05, 0.1) is 0 Å². The Kier molecular flexibility index (Phi) is 5.56. The van der Waals surface area contributed by atoms with Crippen molar-refractivity contribution < 1.29 is 32.7 Å². The third kappa shape index (κ3) is 4.61. The number of alkyl halides is 3. The van der Waals surface area contributed by atoms with E-state index in [9.17, 15) is 27.6 Å². The maximum absolute atomic E-state index is 12.6. The number of likely N-dealkylation sites (tertiary alicyclic amines) is 1. The molecule has 21 heavy (non-hydrogen) atoms. The molecule has 0 aliphatic carbocycles. The van der Waals surface area contributed by atoms with Gasteiger partial charge in [-0.25, -0.2) is 0 Å². The number of halogens is 3. The van der Waals surface area contributed by atoms with Gasteiger partial charge >= 0.3 is 18.1 Å². The monoisotopic (exact) mass is 310 g/mol. The molecule has 9 heteroatoms. The Hall–Kier alpha value is -1.80. The molecule has 2 amide bonds. The fourth-order valence-corrected chi connectivity index (χ4v) is 2.44. The zero-order valence-electron chi connectivity index (χ0n) is 11.4. The normalized spacial score (nSPS) is 22.8. The highest BCUT2D eigenvalue weighted by molar-refractivity contribution is 5.90. The minimum atomic E-state index is -5.05. The molecule has 1 aliphatic rings. The Labute approximate surface area is 119 Å². The number of carboxylic acid groups (broad SMARTS) is 1. The number of carboxylic acids is 1. The molecule has 2 N–H and O–H groups in total. The lowest BCUT2D eigenvalue weighted by molar-refractivity contribution is -0.190. The van der Waals surface area contributed by atoms with Crippen LogP contribution >= 0.6 is 0 Å². The van der Waals surface area contributed by atoms with Crippen LogP contribution in [0.4, 0.5) is 13.2 Å². The molecule has 0 bridgehead atoms. The van der Waals surface area contributed by atoms with E-state index in [1.165, 1.54) is 7.05 Å². The van der Waals surface area contributed by atoms with Crippen molar-refractivity contribution in [1.29, 1.82) is 0 Å². The molecule has 1 rings (SSSR count). The van der Waals surface area contributed by atoms with Gasteiger partial charge in [-0.2, -0.15) is 13.2 Å².